The average Bonchev–Trinajstić information content (AvgIpc) is 2.53. The Morgan fingerprint density at radius 2 is 1.70 bits per heavy atom. The second-order valence-corrected chi connectivity index (χ2v) is 4.64. The minimum atomic E-state index is -0.0503. The Bertz CT molecular complexity index is 566. The number of carbonyl (C=O) groups is 1. The molecule has 2 rings (SSSR count). The highest BCUT2D eigenvalue weighted by molar-refractivity contribution is 5.99. The summed E-state index contributed by atoms with van der Waals surface area (Å²) >= 11 is 0. The first-order valence-electron chi connectivity index (χ1n) is 6.88. The van der Waals surface area contributed by atoms with Crippen molar-refractivity contribution in [3.63, 3.8) is 0 Å². The van der Waals surface area contributed by atoms with Crippen LogP contribution in [0.5, 0.6) is 0 Å². The summed E-state index contributed by atoms with van der Waals surface area (Å²) < 4.78 is 0. The summed E-state index contributed by atoms with van der Waals surface area (Å²) in [6.45, 7) is 2.07. The maximum absolute atomic E-state index is 12.4. The smallest absolute Gasteiger partial charge is 0.253 e. The summed E-state index contributed by atoms with van der Waals surface area (Å²) in [6, 6.07) is 17.6. The van der Waals surface area contributed by atoms with Crippen molar-refractivity contribution >= 4 is 11.6 Å². The molecule has 1 atom stereocenters. The van der Waals surface area contributed by atoms with Gasteiger partial charge in [-0.05, 0) is 24.1 Å². The minimum Gasteiger partial charge on any atom is -0.387 e. The summed E-state index contributed by atoms with van der Waals surface area (Å²) in [5, 5.41) is 6.14. The van der Waals surface area contributed by atoms with E-state index in [-0.39, 0.29) is 11.9 Å². The van der Waals surface area contributed by atoms with Crippen molar-refractivity contribution in [3.05, 3.63) is 65.7 Å². The topological polar surface area (TPSA) is 41.1 Å². The van der Waals surface area contributed by atoms with Crippen molar-refractivity contribution in [2.45, 2.75) is 19.4 Å². The first-order chi connectivity index (χ1) is 9.76. The highest BCUT2D eigenvalue weighted by Gasteiger charge is 2.15. The quantitative estimate of drug-likeness (QED) is 0.869. The van der Waals surface area contributed by atoms with Gasteiger partial charge in [0.2, 0.25) is 0 Å². The molecule has 0 aliphatic heterocycles. The molecule has 1 amide bonds. The largest absolute Gasteiger partial charge is 0.387 e. The fourth-order valence-corrected chi connectivity index (χ4v) is 2.24. The fourth-order valence-electron chi connectivity index (χ4n) is 2.24. The molecule has 3 heteroatoms. The number of benzene rings is 2. The van der Waals surface area contributed by atoms with Gasteiger partial charge in [-0.1, -0.05) is 49.4 Å². The third-order valence-electron chi connectivity index (χ3n) is 3.36. The third-order valence-corrected chi connectivity index (χ3v) is 3.36. The molecule has 2 aromatic carbocycles. The predicted octanol–water partition coefficient (Wildman–Crippen LogP) is 3.61. The summed E-state index contributed by atoms with van der Waals surface area (Å²) in [6.07, 6.45) is 0.859. The standard InChI is InChI=1S/C17H20N2O/c1-3-15(13-9-5-4-6-10-13)19-17(20)14-11-7-8-12-16(14)18-2/h4-12,15,18H,3H2,1-2H3,(H,19,20). The number of hydrogen-bond acceptors (Lipinski definition) is 2. The average molecular weight is 268 g/mol. The Balaban J connectivity index is 2.18. The number of amides is 1. The second-order valence-electron chi connectivity index (χ2n) is 4.64. The molecule has 0 aromatic heterocycles. The van der Waals surface area contributed by atoms with Gasteiger partial charge in [0.05, 0.1) is 11.6 Å². The molecule has 104 valence electrons. The number of rotatable bonds is 5. The van der Waals surface area contributed by atoms with Crippen LogP contribution < -0.4 is 10.6 Å². The van der Waals surface area contributed by atoms with Gasteiger partial charge in [-0.15, -0.1) is 0 Å². The van der Waals surface area contributed by atoms with Crippen molar-refractivity contribution in [2.24, 2.45) is 0 Å². The molecule has 0 saturated carbocycles. The maximum Gasteiger partial charge on any atom is 0.253 e. The monoisotopic (exact) mass is 268 g/mol. The Kier molecular flexibility index (Phi) is 4.77. The Hall–Kier alpha value is -2.29. The van der Waals surface area contributed by atoms with Crippen LogP contribution in [0.25, 0.3) is 0 Å². The van der Waals surface area contributed by atoms with E-state index in [9.17, 15) is 4.79 Å². The Labute approximate surface area is 120 Å². The summed E-state index contributed by atoms with van der Waals surface area (Å²) in [7, 11) is 1.82. The van der Waals surface area contributed by atoms with E-state index in [0.29, 0.717) is 5.56 Å². The maximum atomic E-state index is 12.4. The molecular weight excluding hydrogens is 248 g/mol. The highest BCUT2D eigenvalue weighted by atomic mass is 16.1. The zero-order valence-electron chi connectivity index (χ0n) is 11.9. The van der Waals surface area contributed by atoms with Gasteiger partial charge < -0.3 is 10.6 Å². The molecule has 0 aliphatic carbocycles. The van der Waals surface area contributed by atoms with Crippen LogP contribution in [0.15, 0.2) is 54.6 Å². The lowest BCUT2D eigenvalue weighted by atomic mass is 10.0. The van der Waals surface area contributed by atoms with Crippen molar-refractivity contribution < 1.29 is 4.79 Å². The minimum absolute atomic E-state index is 0.0358. The lowest BCUT2D eigenvalue weighted by molar-refractivity contribution is 0.0936. The van der Waals surface area contributed by atoms with E-state index < -0.39 is 0 Å². The molecule has 0 aliphatic rings. The van der Waals surface area contributed by atoms with Crippen LogP contribution in [-0.2, 0) is 0 Å². The van der Waals surface area contributed by atoms with E-state index in [0.717, 1.165) is 17.7 Å². The summed E-state index contributed by atoms with van der Waals surface area (Å²) in [5.74, 6) is -0.0503. The number of anilines is 1. The molecule has 0 spiro atoms. The van der Waals surface area contributed by atoms with Gasteiger partial charge in [0.1, 0.15) is 0 Å². The number of hydrogen-bond donors (Lipinski definition) is 2. The molecule has 0 bridgehead atoms. The summed E-state index contributed by atoms with van der Waals surface area (Å²) in [4.78, 5) is 12.4. The van der Waals surface area contributed by atoms with Crippen molar-refractivity contribution in [1.29, 1.82) is 0 Å². The molecule has 2 aromatic rings. The van der Waals surface area contributed by atoms with E-state index >= 15 is 0 Å². The lowest BCUT2D eigenvalue weighted by Crippen LogP contribution is -2.28. The molecule has 0 fully saturated rings. The van der Waals surface area contributed by atoms with Crippen LogP contribution in [0.3, 0.4) is 0 Å². The fraction of sp³-hybridized carbons (Fsp3) is 0.235. The van der Waals surface area contributed by atoms with Gasteiger partial charge >= 0.3 is 0 Å². The molecule has 3 nitrogen and oxygen atoms in total. The Morgan fingerprint density at radius 1 is 1.05 bits per heavy atom. The van der Waals surface area contributed by atoms with Gasteiger partial charge in [-0.3, -0.25) is 4.79 Å². The van der Waals surface area contributed by atoms with Gasteiger partial charge in [0.15, 0.2) is 0 Å². The molecule has 0 radical (unpaired) electrons. The molecule has 1 unspecified atom stereocenters. The molecule has 2 N–H and O–H groups in total. The van der Waals surface area contributed by atoms with Crippen LogP contribution in [0, 0.1) is 0 Å². The van der Waals surface area contributed by atoms with E-state index in [4.69, 9.17) is 0 Å². The van der Waals surface area contributed by atoms with E-state index in [2.05, 4.69) is 17.6 Å². The van der Waals surface area contributed by atoms with Crippen LogP contribution in [0.1, 0.15) is 35.3 Å². The van der Waals surface area contributed by atoms with Crippen molar-refractivity contribution in [1.82, 2.24) is 5.32 Å². The van der Waals surface area contributed by atoms with Gasteiger partial charge in [-0.2, -0.15) is 0 Å². The van der Waals surface area contributed by atoms with Crippen molar-refractivity contribution in [2.75, 3.05) is 12.4 Å². The van der Waals surface area contributed by atoms with Crippen LogP contribution in [-0.4, -0.2) is 13.0 Å². The summed E-state index contributed by atoms with van der Waals surface area (Å²) in [5.41, 5.74) is 2.64. The van der Waals surface area contributed by atoms with E-state index in [1.807, 2.05) is 61.6 Å². The molecular formula is C17H20N2O. The first-order valence-corrected chi connectivity index (χ1v) is 6.88. The van der Waals surface area contributed by atoms with Crippen LogP contribution in [0.2, 0.25) is 0 Å². The second kappa shape index (κ2) is 6.75. The normalized spacial score (nSPS) is 11.7. The van der Waals surface area contributed by atoms with E-state index in [1.165, 1.54) is 0 Å². The zero-order chi connectivity index (χ0) is 14.4. The molecule has 0 saturated heterocycles. The number of para-hydroxylation sites is 1. The highest BCUT2D eigenvalue weighted by Crippen LogP contribution is 2.19. The van der Waals surface area contributed by atoms with Crippen molar-refractivity contribution in [3.8, 4) is 0 Å². The number of carbonyl (C=O) groups excluding carboxylic acids is 1. The first kappa shape index (κ1) is 14.1. The molecule has 20 heavy (non-hydrogen) atoms. The number of nitrogens with one attached hydrogen (secondary N) is 2. The molecule has 0 heterocycles. The SMILES string of the molecule is CCC(NC(=O)c1ccccc1NC)c1ccccc1. The Morgan fingerprint density at radius 3 is 2.35 bits per heavy atom. The van der Waals surface area contributed by atoms with Crippen LogP contribution >= 0.6 is 0 Å². The predicted molar refractivity (Wildman–Crippen MR) is 82.9 cm³/mol. The van der Waals surface area contributed by atoms with Gasteiger partial charge in [0, 0.05) is 12.7 Å². The van der Waals surface area contributed by atoms with E-state index in [1.54, 1.807) is 0 Å². The zero-order valence-corrected chi connectivity index (χ0v) is 11.9. The van der Waals surface area contributed by atoms with Crippen LogP contribution in [0.4, 0.5) is 5.69 Å². The van der Waals surface area contributed by atoms with Gasteiger partial charge in [-0.25, -0.2) is 0 Å². The third kappa shape index (κ3) is 3.18. The van der Waals surface area contributed by atoms with Gasteiger partial charge in [0.25, 0.3) is 5.91 Å². The lowest BCUT2D eigenvalue weighted by Gasteiger charge is -2.18.